The fourth-order valence-electron chi connectivity index (χ4n) is 4.94. The van der Waals surface area contributed by atoms with Gasteiger partial charge in [-0.3, -0.25) is 4.90 Å². The number of nitrogen functional groups attached to an aromatic ring is 1. The Morgan fingerprint density at radius 3 is 2.46 bits per heavy atom. The molecule has 5 aromatic rings. The summed E-state index contributed by atoms with van der Waals surface area (Å²) < 4.78 is 21.2. The van der Waals surface area contributed by atoms with Crippen LogP contribution in [0.1, 0.15) is 5.56 Å². The number of nitrogens with two attached hydrogens (primary N) is 1. The average molecular weight is 544 g/mol. The van der Waals surface area contributed by atoms with E-state index in [0.29, 0.717) is 39.9 Å². The van der Waals surface area contributed by atoms with Crippen molar-refractivity contribution in [2.24, 2.45) is 0 Å². The third kappa shape index (κ3) is 4.98. The molecule has 39 heavy (non-hydrogen) atoms. The number of halogens is 2. The van der Waals surface area contributed by atoms with E-state index in [9.17, 15) is 4.39 Å². The smallest absolute Gasteiger partial charge is 0.228 e. The molecule has 6 rings (SSSR count). The molecule has 0 aliphatic carbocycles. The normalized spacial score (nSPS) is 14.2. The quantitative estimate of drug-likeness (QED) is 0.315. The first-order valence-electron chi connectivity index (χ1n) is 12.7. The molecule has 0 atom stereocenters. The minimum atomic E-state index is -0.375. The molecular formula is C29H27ClFN7O. The number of ether oxygens (including phenoxy) is 1. The van der Waals surface area contributed by atoms with Crippen molar-refractivity contribution in [3.8, 4) is 22.7 Å². The van der Waals surface area contributed by atoms with Gasteiger partial charge in [0.1, 0.15) is 17.4 Å². The molecule has 8 nitrogen and oxygen atoms in total. The van der Waals surface area contributed by atoms with Gasteiger partial charge in [-0.2, -0.15) is 4.98 Å². The van der Waals surface area contributed by atoms with Crippen molar-refractivity contribution < 1.29 is 9.13 Å². The maximum Gasteiger partial charge on any atom is 0.228 e. The molecule has 0 unspecified atom stereocenters. The number of aromatic nitrogens is 4. The fraction of sp³-hybridized carbons (Fsp3) is 0.207. The number of nitrogens with zero attached hydrogens (tertiary/aromatic N) is 6. The Labute approximate surface area is 230 Å². The van der Waals surface area contributed by atoms with Crippen molar-refractivity contribution in [2.75, 3.05) is 43.9 Å². The molecule has 0 spiro atoms. The van der Waals surface area contributed by atoms with Crippen LogP contribution in [0.2, 0.25) is 5.02 Å². The predicted octanol–water partition coefficient (Wildman–Crippen LogP) is 5.19. The minimum Gasteiger partial charge on any atom is -0.496 e. The van der Waals surface area contributed by atoms with Gasteiger partial charge in [-0.05, 0) is 48.0 Å². The van der Waals surface area contributed by atoms with Gasteiger partial charge in [-0.1, -0.05) is 41.9 Å². The molecule has 1 aliphatic rings. The van der Waals surface area contributed by atoms with Gasteiger partial charge >= 0.3 is 0 Å². The molecule has 0 amide bonds. The summed E-state index contributed by atoms with van der Waals surface area (Å²) in [4.78, 5) is 14.4. The Balaban J connectivity index is 1.38. The summed E-state index contributed by atoms with van der Waals surface area (Å²) in [7, 11) is 1.62. The zero-order valence-corrected chi connectivity index (χ0v) is 22.1. The van der Waals surface area contributed by atoms with Crippen molar-refractivity contribution in [2.45, 2.75) is 6.54 Å². The first-order chi connectivity index (χ1) is 19.0. The summed E-state index contributed by atoms with van der Waals surface area (Å²) in [6.07, 6.45) is 0. The molecule has 0 radical (unpaired) electrons. The largest absolute Gasteiger partial charge is 0.496 e. The number of rotatable bonds is 6. The number of fused-ring (bicyclic) bond motifs is 1. The number of hydrogen-bond donors (Lipinski definition) is 1. The second-order valence-electron chi connectivity index (χ2n) is 9.44. The second kappa shape index (κ2) is 10.5. The number of benzene rings is 3. The Bertz CT molecular complexity index is 1630. The number of hydrogen-bond acceptors (Lipinski definition) is 7. The highest BCUT2D eigenvalue weighted by Crippen LogP contribution is 2.37. The Hall–Kier alpha value is -4.21. The van der Waals surface area contributed by atoms with Crippen LogP contribution in [0.5, 0.6) is 5.75 Å². The molecule has 1 saturated heterocycles. The van der Waals surface area contributed by atoms with E-state index in [4.69, 9.17) is 32.0 Å². The van der Waals surface area contributed by atoms with Gasteiger partial charge in [-0.15, -0.1) is 5.10 Å². The first kappa shape index (κ1) is 25.1. The molecule has 0 bridgehead atoms. The molecule has 0 saturated carbocycles. The van der Waals surface area contributed by atoms with Crippen LogP contribution in [0.3, 0.4) is 0 Å². The van der Waals surface area contributed by atoms with Gasteiger partial charge in [0.15, 0.2) is 5.65 Å². The maximum atomic E-state index is 14.0. The summed E-state index contributed by atoms with van der Waals surface area (Å²) >= 11 is 6.04. The van der Waals surface area contributed by atoms with Crippen LogP contribution in [0.25, 0.3) is 28.0 Å². The van der Waals surface area contributed by atoms with E-state index in [-0.39, 0.29) is 5.82 Å². The standard InChI is InChI=1S/C29H27ClFN7O/c1-39-24-8-3-2-7-23(24)26-25-27(32)38(22-6-4-5-21(31)17-22)35-28(25)34-29(33-26)37-15-13-36(14-16-37)18-19-9-11-20(30)12-10-19/h2-12,17H,13-16,18,32H2,1H3. The van der Waals surface area contributed by atoms with E-state index in [2.05, 4.69) is 27.0 Å². The lowest BCUT2D eigenvalue weighted by Crippen LogP contribution is -2.46. The van der Waals surface area contributed by atoms with Crippen molar-refractivity contribution in [3.05, 3.63) is 89.2 Å². The van der Waals surface area contributed by atoms with E-state index in [1.165, 1.54) is 22.4 Å². The molecule has 3 aromatic carbocycles. The van der Waals surface area contributed by atoms with E-state index in [1.54, 1.807) is 19.2 Å². The maximum absolute atomic E-state index is 14.0. The summed E-state index contributed by atoms with van der Waals surface area (Å²) in [6.45, 7) is 4.07. The van der Waals surface area contributed by atoms with Crippen LogP contribution in [0.4, 0.5) is 16.2 Å². The van der Waals surface area contributed by atoms with Crippen LogP contribution in [0, 0.1) is 5.82 Å². The Kier molecular flexibility index (Phi) is 6.76. The van der Waals surface area contributed by atoms with Gasteiger partial charge in [0.2, 0.25) is 5.95 Å². The summed E-state index contributed by atoms with van der Waals surface area (Å²) in [5, 5.41) is 6.01. The van der Waals surface area contributed by atoms with Crippen molar-refractivity contribution in [1.82, 2.24) is 24.6 Å². The molecule has 3 heterocycles. The van der Waals surface area contributed by atoms with E-state index >= 15 is 0 Å². The van der Waals surface area contributed by atoms with Crippen LogP contribution >= 0.6 is 11.6 Å². The first-order valence-corrected chi connectivity index (χ1v) is 13.1. The predicted molar refractivity (Wildman–Crippen MR) is 152 cm³/mol. The SMILES string of the molecule is COc1ccccc1-c1nc(N2CCN(Cc3ccc(Cl)cc3)CC2)nc2nn(-c3cccc(F)c3)c(N)c12. The Morgan fingerprint density at radius 1 is 0.949 bits per heavy atom. The van der Waals surface area contributed by atoms with Crippen molar-refractivity contribution in [3.63, 3.8) is 0 Å². The second-order valence-corrected chi connectivity index (χ2v) is 9.87. The highest BCUT2D eigenvalue weighted by atomic mass is 35.5. The highest BCUT2D eigenvalue weighted by Gasteiger charge is 2.25. The van der Waals surface area contributed by atoms with Crippen LogP contribution in [0.15, 0.2) is 72.8 Å². The topological polar surface area (TPSA) is 85.3 Å². The molecule has 10 heteroatoms. The molecule has 2 aromatic heterocycles. The average Bonchev–Trinajstić information content (AvgIpc) is 3.30. The van der Waals surface area contributed by atoms with Gasteiger partial charge < -0.3 is 15.4 Å². The van der Waals surface area contributed by atoms with Gasteiger partial charge in [-0.25, -0.2) is 14.1 Å². The van der Waals surface area contributed by atoms with Crippen LogP contribution in [-0.4, -0.2) is 57.9 Å². The number of para-hydroxylation sites is 1. The van der Waals surface area contributed by atoms with E-state index in [0.717, 1.165) is 43.3 Å². The van der Waals surface area contributed by atoms with Crippen LogP contribution < -0.4 is 15.4 Å². The number of methoxy groups -OCH3 is 1. The molecule has 1 aliphatic heterocycles. The van der Waals surface area contributed by atoms with Gasteiger partial charge in [0.25, 0.3) is 0 Å². The third-order valence-corrected chi connectivity index (χ3v) is 7.20. The lowest BCUT2D eigenvalue weighted by molar-refractivity contribution is 0.249. The Morgan fingerprint density at radius 2 is 1.72 bits per heavy atom. The van der Waals surface area contributed by atoms with Crippen LogP contribution in [-0.2, 0) is 6.54 Å². The molecular weight excluding hydrogens is 517 g/mol. The zero-order chi connectivity index (χ0) is 26.9. The van der Waals surface area contributed by atoms with Crippen molar-refractivity contribution in [1.29, 1.82) is 0 Å². The fourth-order valence-corrected chi connectivity index (χ4v) is 5.06. The minimum absolute atomic E-state index is 0.329. The summed E-state index contributed by atoms with van der Waals surface area (Å²) in [6, 6.07) is 21.8. The summed E-state index contributed by atoms with van der Waals surface area (Å²) in [5.41, 5.74) is 10.2. The lowest BCUT2D eigenvalue weighted by Gasteiger charge is -2.34. The van der Waals surface area contributed by atoms with Crippen molar-refractivity contribution >= 4 is 34.4 Å². The summed E-state index contributed by atoms with van der Waals surface area (Å²) in [5.74, 6) is 1.18. The van der Waals surface area contributed by atoms with Gasteiger partial charge in [0, 0.05) is 43.3 Å². The van der Waals surface area contributed by atoms with E-state index < -0.39 is 0 Å². The monoisotopic (exact) mass is 543 g/mol. The molecule has 1 fully saturated rings. The third-order valence-electron chi connectivity index (χ3n) is 6.95. The molecule has 2 N–H and O–H groups in total. The molecule has 198 valence electrons. The van der Waals surface area contributed by atoms with Gasteiger partial charge in [0.05, 0.1) is 23.9 Å². The number of anilines is 2. The lowest BCUT2D eigenvalue weighted by atomic mass is 10.1. The highest BCUT2D eigenvalue weighted by molar-refractivity contribution is 6.30. The van der Waals surface area contributed by atoms with E-state index in [1.807, 2.05) is 36.4 Å². The number of piperazine rings is 1. The zero-order valence-electron chi connectivity index (χ0n) is 21.4.